The predicted molar refractivity (Wildman–Crippen MR) is 101 cm³/mol. The summed E-state index contributed by atoms with van der Waals surface area (Å²) in [5.74, 6) is -5.24. The molecule has 3 aliphatic heterocycles. The largest absolute Gasteiger partial charge is 0.465 e. The molecule has 0 N–H and O–H groups in total. The zero-order valence-corrected chi connectivity index (χ0v) is 16.9. The van der Waals surface area contributed by atoms with E-state index in [1.807, 2.05) is 0 Å². The third kappa shape index (κ3) is 3.10. The number of rotatable bonds is 5. The maximum atomic E-state index is 13.4. The molecule has 0 spiro atoms. The Morgan fingerprint density at radius 3 is 2.39 bits per heavy atom. The minimum atomic E-state index is -1.63. The molecule has 4 atom stereocenters. The van der Waals surface area contributed by atoms with E-state index in [2.05, 4.69) is 0 Å². The minimum Gasteiger partial charge on any atom is -0.465 e. The minimum absolute atomic E-state index is 0.169. The molecular weight excluding hydrogens is 410 g/mol. The Labute approximate surface area is 176 Å². The van der Waals surface area contributed by atoms with Crippen LogP contribution in [-0.2, 0) is 38.1 Å². The van der Waals surface area contributed by atoms with Gasteiger partial charge in [-0.15, -0.1) is 0 Å². The number of imide groups is 1. The van der Waals surface area contributed by atoms with Crippen LogP contribution in [0.1, 0.15) is 24.2 Å². The van der Waals surface area contributed by atoms with Crippen molar-refractivity contribution in [3.8, 4) is 0 Å². The van der Waals surface area contributed by atoms with E-state index in [1.54, 1.807) is 6.08 Å². The molecule has 4 unspecified atom stereocenters. The van der Waals surface area contributed by atoms with Crippen molar-refractivity contribution in [3.05, 3.63) is 42.0 Å². The number of hydrogen-bond donors (Lipinski definition) is 0. The van der Waals surface area contributed by atoms with E-state index >= 15 is 0 Å². The summed E-state index contributed by atoms with van der Waals surface area (Å²) < 4.78 is 20.9. The zero-order valence-electron chi connectivity index (χ0n) is 16.9. The van der Waals surface area contributed by atoms with Gasteiger partial charge in [0.1, 0.15) is 0 Å². The molecule has 2 bridgehead atoms. The number of fused-ring (bicyclic) bond motifs is 5. The van der Waals surface area contributed by atoms with Crippen LogP contribution in [0.5, 0.6) is 0 Å². The van der Waals surface area contributed by atoms with Gasteiger partial charge in [-0.1, -0.05) is 12.1 Å². The summed E-state index contributed by atoms with van der Waals surface area (Å²) in [5, 5.41) is 0. The number of anilines is 1. The van der Waals surface area contributed by atoms with Crippen molar-refractivity contribution in [2.24, 2.45) is 11.8 Å². The third-order valence-electron chi connectivity index (χ3n) is 5.52. The van der Waals surface area contributed by atoms with Crippen LogP contribution in [0.3, 0.4) is 0 Å². The average molecular weight is 429 g/mol. The highest BCUT2D eigenvalue weighted by Gasteiger charge is 2.72. The summed E-state index contributed by atoms with van der Waals surface area (Å²) in [7, 11) is 1.22. The lowest BCUT2D eigenvalue weighted by Gasteiger charge is -2.34. The third-order valence-corrected chi connectivity index (χ3v) is 5.52. The van der Waals surface area contributed by atoms with Gasteiger partial charge in [0, 0.05) is 13.8 Å². The summed E-state index contributed by atoms with van der Waals surface area (Å²) >= 11 is 0. The number of benzene rings is 1. The van der Waals surface area contributed by atoms with Gasteiger partial charge in [0.05, 0.1) is 36.3 Å². The Kier molecular flexibility index (Phi) is 4.89. The number of ether oxygens (including phenoxy) is 4. The molecule has 3 aliphatic rings. The standard InChI is InChI=1S/C21H19NO9/c1-10(23)29-20(30-11(2)24)21-8-7-14(31-21)15-16(21)18(26)22(17(15)25)13-6-4-5-12(9-13)19(27)28-3/h4-9,14-16,20H,1-3H3. The van der Waals surface area contributed by atoms with E-state index < -0.39 is 59.6 Å². The molecule has 2 fully saturated rings. The summed E-state index contributed by atoms with van der Waals surface area (Å²) in [6.07, 6.45) is 0.774. The van der Waals surface area contributed by atoms with Gasteiger partial charge in [0.15, 0.2) is 5.60 Å². The maximum Gasteiger partial charge on any atom is 0.337 e. The van der Waals surface area contributed by atoms with Crippen molar-refractivity contribution < 1.29 is 42.9 Å². The van der Waals surface area contributed by atoms with E-state index in [0.29, 0.717) is 0 Å². The molecule has 2 saturated heterocycles. The van der Waals surface area contributed by atoms with Gasteiger partial charge < -0.3 is 18.9 Å². The molecule has 10 heteroatoms. The van der Waals surface area contributed by atoms with Crippen molar-refractivity contribution in [2.45, 2.75) is 31.8 Å². The molecule has 0 aliphatic carbocycles. The summed E-state index contributed by atoms with van der Waals surface area (Å²) in [4.78, 5) is 62.7. The Morgan fingerprint density at radius 1 is 1.10 bits per heavy atom. The van der Waals surface area contributed by atoms with Crippen molar-refractivity contribution in [1.29, 1.82) is 0 Å². The van der Waals surface area contributed by atoms with Crippen LogP contribution in [0.4, 0.5) is 5.69 Å². The van der Waals surface area contributed by atoms with Crippen molar-refractivity contribution in [2.75, 3.05) is 12.0 Å². The van der Waals surface area contributed by atoms with Crippen LogP contribution in [0.25, 0.3) is 0 Å². The SMILES string of the molecule is COC(=O)c1cccc(N2C(=O)C3C4C=CC(C(OC(C)=O)OC(C)=O)(O4)C3C2=O)c1. The topological polar surface area (TPSA) is 126 Å². The van der Waals surface area contributed by atoms with Crippen molar-refractivity contribution >= 4 is 35.4 Å². The first-order chi connectivity index (χ1) is 14.7. The van der Waals surface area contributed by atoms with E-state index in [1.165, 1.54) is 37.5 Å². The van der Waals surface area contributed by atoms with Gasteiger partial charge in [-0.05, 0) is 24.3 Å². The van der Waals surface area contributed by atoms with E-state index in [-0.39, 0.29) is 11.3 Å². The Morgan fingerprint density at radius 2 is 1.77 bits per heavy atom. The summed E-state index contributed by atoms with van der Waals surface area (Å²) in [6, 6.07) is 5.91. The molecule has 0 saturated carbocycles. The number of esters is 3. The number of amides is 2. The lowest BCUT2D eigenvalue weighted by atomic mass is 9.76. The quantitative estimate of drug-likeness (QED) is 0.288. The van der Waals surface area contributed by atoms with Gasteiger partial charge >= 0.3 is 17.9 Å². The first-order valence-electron chi connectivity index (χ1n) is 9.47. The molecule has 3 heterocycles. The van der Waals surface area contributed by atoms with Crippen LogP contribution in [0.2, 0.25) is 0 Å². The van der Waals surface area contributed by atoms with Crippen LogP contribution in [0, 0.1) is 11.8 Å². The smallest absolute Gasteiger partial charge is 0.337 e. The highest BCUT2D eigenvalue weighted by Crippen LogP contribution is 2.54. The number of carbonyl (C=O) groups excluding carboxylic acids is 5. The molecule has 0 aromatic heterocycles. The lowest BCUT2D eigenvalue weighted by molar-refractivity contribution is -0.226. The van der Waals surface area contributed by atoms with E-state index in [9.17, 15) is 24.0 Å². The van der Waals surface area contributed by atoms with E-state index in [0.717, 1.165) is 18.7 Å². The monoisotopic (exact) mass is 429 g/mol. The molecule has 1 aromatic rings. The van der Waals surface area contributed by atoms with Gasteiger partial charge in [-0.2, -0.15) is 0 Å². The zero-order chi connectivity index (χ0) is 22.5. The fourth-order valence-corrected chi connectivity index (χ4v) is 4.36. The first kappa shape index (κ1) is 20.7. The average Bonchev–Trinajstić information content (AvgIpc) is 3.37. The normalized spacial score (nSPS) is 28.1. The molecular formula is C21H19NO9. The van der Waals surface area contributed by atoms with Crippen LogP contribution in [0.15, 0.2) is 36.4 Å². The first-order valence-corrected chi connectivity index (χ1v) is 9.47. The predicted octanol–water partition coefficient (Wildman–Crippen LogP) is 0.738. The Bertz CT molecular complexity index is 1020. The molecule has 0 radical (unpaired) electrons. The van der Waals surface area contributed by atoms with Crippen molar-refractivity contribution in [1.82, 2.24) is 0 Å². The second kappa shape index (κ2) is 7.31. The van der Waals surface area contributed by atoms with Crippen LogP contribution < -0.4 is 4.90 Å². The Balaban J connectivity index is 1.73. The maximum absolute atomic E-state index is 13.4. The number of nitrogens with zero attached hydrogens (tertiary/aromatic N) is 1. The lowest BCUT2D eigenvalue weighted by Crippen LogP contribution is -2.52. The number of methoxy groups -OCH3 is 1. The van der Waals surface area contributed by atoms with Gasteiger partial charge in [-0.3, -0.25) is 19.2 Å². The fourth-order valence-electron chi connectivity index (χ4n) is 4.36. The Hall–Kier alpha value is -3.53. The summed E-state index contributed by atoms with van der Waals surface area (Å²) in [5.41, 5.74) is -1.27. The number of carbonyl (C=O) groups is 5. The van der Waals surface area contributed by atoms with Crippen LogP contribution in [-0.4, -0.2) is 54.8 Å². The van der Waals surface area contributed by atoms with Crippen molar-refractivity contribution in [3.63, 3.8) is 0 Å². The second-order valence-electron chi connectivity index (χ2n) is 7.40. The fraction of sp³-hybridized carbons (Fsp3) is 0.381. The summed E-state index contributed by atoms with van der Waals surface area (Å²) in [6.45, 7) is 2.25. The van der Waals surface area contributed by atoms with Gasteiger partial charge in [0.25, 0.3) is 6.29 Å². The van der Waals surface area contributed by atoms with Gasteiger partial charge in [-0.25, -0.2) is 9.69 Å². The highest BCUT2D eigenvalue weighted by atomic mass is 16.7. The van der Waals surface area contributed by atoms with Gasteiger partial charge in [0.2, 0.25) is 11.8 Å². The van der Waals surface area contributed by atoms with E-state index in [4.69, 9.17) is 18.9 Å². The number of hydrogen-bond acceptors (Lipinski definition) is 9. The molecule has 162 valence electrons. The molecule has 4 rings (SSSR count). The highest BCUT2D eigenvalue weighted by molar-refractivity contribution is 6.23. The van der Waals surface area contributed by atoms with Crippen LogP contribution >= 0.6 is 0 Å². The molecule has 10 nitrogen and oxygen atoms in total. The molecule has 31 heavy (non-hydrogen) atoms. The molecule has 1 aromatic carbocycles. The second-order valence-corrected chi connectivity index (χ2v) is 7.40. The molecule has 2 amide bonds.